The van der Waals surface area contributed by atoms with Gasteiger partial charge in [0.2, 0.25) is 0 Å². The maximum Gasteiger partial charge on any atom is 0.315 e. The van der Waals surface area contributed by atoms with Crippen LogP contribution in [0.25, 0.3) is 0 Å². The van der Waals surface area contributed by atoms with Crippen LogP contribution in [0.15, 0.2) is 11.6 Å². The fraction of sp³-hybridized carbons (Fsp3) is 0.545. The molecule has 2 amide bonds. The summed E-state index contributed by atoms with van der Waals surface area (Å²) in [5.41, 5.74) is -0.537. The van der Waals surface area contributed by atoms with E-state index in [1.807, 2.05) is 19.2 Å². The van der Waals surface area contributed by atoms with Crippen LogP contribution < -0.4 is 10.6 Å². The molecule has 0 bridgehead atoms. The topological polar surface area (TPSA) is 91.3 Å². The summed E-state index contributed by atoms with van der Waals surface area (Å²) in [6, 6.07) is -0.319. The molecule has 0 atom stereocenters. The summed E-state index contributed by atoms with van der Waals surface area (Å²) in [7, 11) is 0. The molecule has 7 heteroatoms. The third-order valence-corrected chi connectivity index (χ3v) is 3.34. The molecule has 3 N–H and O–H groups in total. The Balaban J connectivity index is 2.33. The van der Waals surface area contributed by atoms with E-state index in [0.29, 0.717) is 13.0 Å². The lowest BCUT2D eigenvalue weighted by Crippen LogP contribution is -2.46. The predicted molar refractivity (Wildman–Crippen MR) is 68.5 cm³/mol. The van der Waals surface area contributed by atoms with E-state index in [0.717, 1.165) is 5.01 Å². The van der Waals surface area contributed by atoms with E-state index in [4.69, 9.17) is 5.11 Å². The highest BCUT2D eigenvalue weighted by Gasteiger charge is 2.25. The lowest BCUT2D eigenvalue weighted by atomic mass is 10.1. The monoisotopic (exact) mass is 271 g/mol. The third kappa shape index (κ3) is 4.70. The van der Waals surface area contributed by atoms with Crippen molar-refractivity contribution in [3.8, 4) is 0 Å². The van der Waals surface area contributed by atoms with Crippen molar-refractivity contribution in [1.82, 2.24) is 15.6 Å². The maximum atomic E-state index is 11.6. The molecule has 0 unspecified atom stereocenters. The minimum atomic E-state index is -0.861. The number of aliphatic carboxylic acids is 1. The van der Waals surface area contributed by atoms with Crippen LogP contribution in [0.2, 0.25) is 0 Å². The molecular weight excluding hydrogens is 254 g/mol. The molecule has 0 saturated carbocycles. The fourth-order valence-electron chi connectivity index (χ4n) is 1.36. The standard InChI is InChI=1S/C11H17N3O3S/c1-11(2,9-12-6-7-18-9)14-10(17)13-5-3-4-8(15)16/h6-7H,3-5H2,1-2H3,(H,15,16)(H2,13,14,17). The minimum absolute atomic E-state index is 0.0517. The number of carbonyl (C=O) groups is 2. The minimum Gasteiger partial charge on any atom is -0.481 e. The maximum absolute atomic E-state index is 11.6. The van der Waals surface area contributed by atoms with Gasteiger partial charge in [-0.2, -0.15) is 0 Å². The Kier molecular flexibility index (Phi) is 5.08. The molecule has 0 saturated heterocycles. The van der Waals surface area contributed by atoms with Gasteiger partial charge in [0.1, 0.15) is 5.01 Å². The summed E-state index contributed by atoms with van der Waals surface area (Å²) < 4.78 is 0. The molecule has 0 aliphatic carbocycles. The van der Waals surface area contributed by atoms with Crippen molar-refractivity contribution in [2.45, 2.75) is 32.2 Å². The van der Waals surface area contributed by atoms with Crippen molar-refractivity contribution in [3.63, 3.8) is 0 Å². The normalized spacial score (nSPS) is 11.0. The highest BCUT2D eigenvalue weighted by atomic mass is 32.1. The number of nitrogens with one attached hydrogen (secondary N) is 2. The molecule has 18 heavy (non-hydrogen) atoms. The number of carboxylic acids is 1. The molecule has 0 aromatic carbocycles. The molecule has 0 aliphatic heterocycles. The summed E-state index contributed by atoms with van der Waals surface area (Å²) in [5, 5.41) is 16.5. The Labute approximate surface area is 109 Å². The van der Waals surface area contributed by atoms with E-state index in [9.17, 15) is 9.59 Å². The molecule has 1 aromatic heterocycles. The van der Waals surface area contributed by atoms with Crippen LogP contribution in [0.3, 0.4) is 0 Å². The Morgan fingerprint density at radius 2 is 2.22 bits per heavy atom. The number of urea groups is 1. The number of thiazole rings is 1. The molecule has 0 spiro atoms. The summed E-state index contributed by atoms with van der Waals surface area (Å²) in [5.74, 6) is -0.861. The lowest BCUT2D eigenvalue weighted by molar-refractivity contribution is -0.137. The molecule has 0 radical (unpaired) electrons. The zero-order valence-corrected chi connectivity index (χ0v) is 11.2. The van der Waals surface area contributed by atoms with E-state index < -0.39 is 11.5 Å². The Hall–Kier alpha value is -1.63. The molecular formula is C11H17N3O3S. The summed E-state index contributed by atoms with van der Waals surface area (Å²) >= 11 is 1.47. The van der Waals surface area contributed by atoms with Gasteiger partial charge < -0.3 is 15.7 Å². The number of hydrogen-bond acceptors (Lipinski definition) is 4. The second kappa shape index (κ2) is 6.34. The van der Waals surface area contributed by atoms with Crippen LogP contribution in [0.5, 0.6) is 0 Å². The van der Waals surface area contributed by atoms with Crippen LogP contribution in [-0.2, 0) is 10.3 Å². The van der Waals surface area contributed by atoms with Gasteiger partial charge in [0.05, 0.1) is 5.54 Å². The molecule has 1 rings (SSSR count). The van der Waals surface area contributed by atoms with Gasteiger partial charge in [-0.3, -0.25) is 4.79 Å². The molecule has 1 heterocycles. The van der Waals surface area contributed by atoms with Gasteiger partial charge in [0.15, 0.2) is 0 Å². The van der Waals surface area contributed by atoms with Gasteiger partial charge in [0, 0.05) is 24.5 Å². The van der Waals surface area contributed by atoms with E-state index in [1.165, 1.54) is 11.3 Å². The molecule has 0 fully saturated rings. The average molecular weight is 271 g/mol. The van der Waals surface area contributed by atoms with E-state index in [2.05, 4.69) is 15.6 Å². The zero-order valence-electron chi connectivity index (χ0n) is 10.4. The third-order valence-electron chi connectivity index (χ3n) is 2.25. The lowest BCUT2D eigenvalue weighted by Gasteiger charge is -2.23. The highest BCUT2D eigenvalue weighted by Crippen LogP contribution is 2.21. The van der Waals surface area contributed by atoms with Gasteiger partial charge >= 0.3 is 12.0 Å². The first-order valence-electron chi connectivity index (χ1n) is 5.59. The molecule has 0 aliphatic rings. The number of nitrogens with zero attached hydrogens (tertiary/aromatic N) is 1. The van der Waals surface area contributed by atoms with E-state index >= 15 is 0 Å². The number of carboxylic acid groups (broad SMARTS) is 1. The summed E-state index contributed by atoms with van der Waals surface area (Å²) in [6.45, 7) is 4.07. The number of rotatable bonds is 6. The van der Waals surface area contributed by atoms with Crippen molar-refractivity contribution in [2.24, 2.45) is 0 Å². The first-order chi connectivity index (χ1) is 8.42. The van der Waals surface area contributed by atoms with Crippen LogP contribution in [0.4, 0.5) is 4.79 Å². The van der Waals surface area contributed by atoms with Gasteiger partial charge in [-0.1, -0.05) is 0 Å². The van der Waals surface area contributed by atoms with Crippen LogP contribution in [-0.4, -0.2) is 28.6 Å². The van der Waals surface area contributed by atoms with Gasteiger partial charge in [0.25, 0.3) is 0 Å². The van der Waals surface area contributed by atoms with Crippen molar-refractivity contribution >= 4 is 23.3 Å². The van der Waals surface area contributed by atoms with E-state index in [-0.39, 0.29) is 12.5 Å². The quantitative estimate of drug-likeness (QED) is 0.684. The van der Waals surface area contributed by atoms with Crippen molar-refractivity contribution in [3.05, 3.63) is 16.6 Å². The Bertz CT molecular complexity index is 404. The van der Waals surface area contributed by atoms with Crippen LogP contribution in [0.1, 0.15) is 31.7 Å². The second-order valence-corrected chi connectivity index (χ2v) is 5.24. The predicted octanol–water partition coefficient (Wildman–Crippen LogP) is 1.54. The molecule has 6 nitrogen and oxygen atoms in total. The largest absolute Gasteiger partial charge is 0.481 e. The van der Waals surface area contributed by atoms with Gasteiger partial charge in [-0.15, -0.1) is 11.3 Å². The van der Waals surface area contributed by atoms with Crippen LogP contribution in [0, 0.1) is 0 Å². The van der Waals surface area contributed by atoms with Crippen molar-refractivity contribution < 1.29 is 14.7 Å². The number of carbonyl (C=O) groups excluding carboxylic acids is 1. The smallest absolute Gasteiger partial charge is 0.315 e. The molecule has 1 aromatic rings. The number of hydrogen-bond donors (Lipinski definition) is 3. The second-order valence-electron chi connectivity index (χ2n) is 4.34. The molecule has 100 valence electrons. The first kappa shape index (κ1) is 14.4. The van der Waals surface area contributed by atoms with Crippen molar-refractivity contribution in [2.75, 3.05) is 6.54 Å². The van der Waals surface area contributed by atoms with Gasteiger partial charge in [-0.05, 0) is 20.3 Å². The fourth-order valence-corrected chi connectivity index (χ4v) is 2.07. The first-order valence-corrected chi connectivity index (χ1v) is 6.47. The Morgan fingerprint density at radius 1 is 1.50 bits per heavy atom. The SMILES string of the molecule is CC(C)(NC(=O)NCCCC(=O)O)c1nccs1. The number of amides is 2. The Morgan fingerprint density at radius 3 is 2.78 bits per heavy atom. The summed E-state index contributed by atoms with van der Waals surface area (Å²) in [6.07, 6.45) is 2.16. The highest BCUT2D eigenvalue weighted by molar-refractivity contribution is 7.09. The average Bonchev–Trinajstić information content (AvgIpc) is 2.77. The summed E-state index contributed by atoms with van der Waals surface area (Å²) in [4.78, 5) is 26.1. The zero-order chi connectivity index (χ0) is 13.6. The number of aromatic nitrogens is 1. The van der Waals surface area contributed by atoms with Gasteiger partial charge in [-0.25, -0.2) is 9.78 Å². The van der Waals surface area contributed by atoms with E-state index in [1.54, 1.807) is 6.20 Å². The van der Waals surface area contributed by atoms with Crippen molar-refractivity contribution in [1.29, 1.82) is 0 Å². The van der Waals surface area contributed by atoms with Crippen LogP contribution >= 0.6 is 11.3 Å².